The number of benzene rings is 2. The third-order valence-corrected chi connectivity index (χ3v) is 14.0. The second kappa shape index (κ2) is 17.6. The summed E-state index contributed by atoms with van der Waals surface area (Å²) in [6, 6.07) is 26.8. The number of aromatic amines is 2. The Morgan fingerprint density at radius 1 is 0.500 bits per heavy atom. The minimum absolute atomic E-state index is 0.507. The number of nitrogens with one attached hydrogen (secondary N) is 2. The number of rotatable bonds is 20. The molecule has 15 heteroatoms. The molecule has 0 aliphatic heterocycles. The summed E-state index contributed by atoms with van der Waals surface area (Å²) in [6.45, 7) is 1.01. The van der Waals surface area contributed by atoms with Crippen molar-refractivity contribution in [3.8, 4) is 56.8 Å². The van der Waals surface area contributed by atoms with E-state index in [4.69, 9.17) is 41.0 Å². The Hall–Kier alpha value is -4.20. The third-order valence-electron chi connectivity index (χ3n) is 8.37. The van der Waals surface area contributed by atoms with Crippen molar-refractivity contribution in [1.82, 2.24) is 25.4 Å². The molecule has 0 radical (unpaired) electrons. The Kier molecular flexibility index (Phi) is 13.1. The Morgan fingerprint density at radius 2 is 0.900 bits per heavy atom. The standard InChI is InChI=1S/C35H45N5O8Si2/c1-41-49(42-2,43-3)20-10-18-47-28-14-7-12-26(22-28)32-24-34(39-37-32)30-16-9-17-31(36-30)35-25-33(38-40-35)27-13-8-15-29(23-27)48-19-11-21-50(44-4,45-5)46-6/h7-9,12-17,22-25H,10-11,18-21H2,1-6H3,(H,37,39)(H,38,40). The van der Waals surface area contributed by atoms with Crippen LogP contribution in [0.25, 0.3) is 45.3 Å². The van der Waals surface area contributed by atoms with Gasteiger partial charge in [0.05, 0.1) is 47.4 Å². The summed E-state index contributed by atoms with van der Waals surface area (Å²) in [6.07, 6.45) is 1.48. The number of nitrogens with zero attached hydrogens (tertiary/aromatic N) is 3. The Balaban J connectivity index is 1.21. The molecule has 0 saturated carbocycles. The number of aromatic nitrogens is 5. The van der Waals surface area contributed by atoms with Crippen molar-refractivity contribution in [3.63, 3.8) is 0 Å². The van der Waals surface area contributed by atoms with Gasteiger partial charge in [0, 0.05) is 65.9 Å². The van der Waals surface area contributed by atoms with Crippen LogP contribution in [-0.4, -0.2) is 98.9 Å². The summed E-state index contributed by atoms with van der Waals surface area (Å²) in [5.41, 5.74) is 6.51. The molecule has 0 atom stereocenters. The summed E-state index contributed by atoms with van der Waals surface area (Å²) >= 11 is 0. The monoisotopic (exact) mass is 719 g/mol. The minimum atomic E-state index is -2.62. The van der Waals surface area contributed by atoms with E-state index in [0.717, 1.165) is 69.6 Å². The second-order valence-corrected chi connectivity index (χ2v) is 17.5. The quantitative estimate of drug-likeness (QED) is 0.0673. The lowest BCUT2D eigenvalue weighted by molar-refractivity contribution is 0.120. The molecule has 0 spiro atoms. The van der Waals surface area contributed by atoms with Crippen molar-refractivity contribution >= 4 is 17.6 Å². The van der Waals surface area contributed by atoms with Gasteiger partial charge in [-0.2, -0.15) is 10.2 Å². The molecule has 3 heterocycles. The largest absolute Gasteiger partial charge is 0.500 e. The Morgan fingerprint density at radius 3 is 1.30 bits per heavy atom. The molecule has 13 nitrogen and oxygen atoms in total. The van der Waals surface area contributed by atoms with Crippen molar-refractivity contribution in [2.45, 2.75) is 24.9 Å². The van der Waals surface area contributed by atoms with Crippen LogP contribution in [0.4, 0.5) is 0 Å². The van der Waals surface area contributed by atoms with Gasteiger partial charge in [-0.05, 0) is 61.4 Å². The van der Waals surface area contributed by atoms with Crippen LogP contribution in [0, 0.1) is 0 Å². The number of ether oxygens (including phenoxy) is 2. The van der Waals surface area contributed by atoms with Gasteiger partial charge in [0.2, 0.25) is 0 Å². The van der Waals surface area contributed by atoms with Gasteiger partial charge in [-0.25, -0.2) is 4.98 Å². The molecule has 0 bridgehead atoms. The van der Waals surface area contributed by atoms with Gasteiger partial charge in [0.25, 0.3) is 0 Å². The fourth-order valence-corrected chi connectivity index (χ4v) is 8.88. The van der Waals surface area contributed by atoms with Crippen LogP contribution in [-0.2, 0) is 26.6 Å². The molecule has 0 aliphatic carbocycles. The average Bonchev–Trinajstić information content (AvgIpc) is 3.88. The van der Waals surface area contributed by atoms with Gasteiger partial charge in [0.15, 0.2) is 0 Å². The average molecular weight is 720 g/mol. The molecule has 0 saturated heterocycles. The Bertz CT molecular complexity index is 1650. The summed E-state index contributed by atoms with van der Waals surface area (Å²) in [7, 11) is 4.44. The first-order valence-corrected chi connectivity index (χ1v) is 20.1. The molecule has 2 aromatic carbocycles. The normalized spacial score (nSPS) is 12.0. The van der Waals surface area contributed by atoms with E-state index in [1.807, 2.05) is 78.9 Å². The minimum Gasteiger partial charge on any atom is -0.494 e. The molecule has 0 aliphatic rings. The SMILES string of the molecule is CO[Si](CCCOc1cccc(-c2cc(-c3cccc(-c4cc(-c5cccc(OCCC[Si](OC)(OC)OC)c5)n[nH]4)n3)[nH]n2)c1)(OC)OC. The number of pyridine rings is 1. The van der Waals surface area contributed by atoms with E-state index >= 15 is 0 Å². The maximum Gasteiger partial charge on any atom is 0.500 e. The van der Waals surface area contributed by atoms with Crippen LogP contribution < -0.4 is 9.47 Å². The van der Waals surface area contributed by atoms with Crippen molar-refractivity contribution in [3.05, 3.63) is 78.9 Å². The maximum absolute atomic E-state index is 6.02. The van der Waals surface area contributed by atoms with Crippen molar-refractivity contribution in [2.75, 3.05) is 55.9 Å². The van der Waals surface area contributed by atoms with Gasteiger partial charge in [0.1, 0.15) is 11.5 Å². The van der Waals surface area contributed by atoms with Crippen molar-refractivity contribution in [2.24, 2.45) is 0 Å². The van der Waals surface area contributed by atoms with Crippen LogP contribution in [0.1, 0.15) is 12.8 Å². The predicted molar refractivity (Wildman–Crippen MR) is 194 cm³/mol. The maximum atomic E-state index is 6.02. The fraction of sp³-hybridized carbons (Fsp3) is 0.343. The molecule has 5 aromatic rings. The zero-order chi connectivity index (χ0) is 35.4. The zero-order valence-corrected chi connectivity index (χ0v) is 31.4. The van der Waals surface area contributed by atoms with Crippen LogP contribution in [0.15, 0.2) is 78.9 Å². The molecular weight excluding hydrogens is 675 g/mol. The highest BCUT2D eigenvalue weighted by Crippen LogP contribution is 2.29. The highest BCUT2D eigenvalue weighted by atomic mass is 28.4. The lowest BCUT2D eigenvalue weighted by Gasteiger charge is -2.24. The van der Waals surface area contributed by atoms with E-state index in [9.17, 15) is 0 Å². The molecule has 5 rings (SSSR count). The van der Waals surface area contributed by atoms with Gasteiger partial charge in [-0.3, -0.25) is 10.2 Å². The van der Waals surface area contributed by atoms with Gasteiger partial charge in [-0.15, -0.1) is 0 Å². The lowest BCUT2D eigenvalue weighted by Crippen LogP contribution is -2.42. The van der Waals surface area contributed by atoms with Gasteiger partial charge < -0.3 is 36.0 Å². The van der Waals surface area contributed by atoms with Crippen LogP contribution in [0.2, 0.25) is 12.1 Å². The predicted octanol–water partition coefficient (Wildman–Crippen LogP) is 6.49. The highest BCUT2D eigenvalue weighted by Gasteiger charge is 2.37. The first kappa shape index (κ1) is 37.1. The zero-order valence-electron chi connectivity index (χ0n) is 29.4. The number of H-pyrrole nitrogens is 2. The van der Waals surface area contributed by atoms with Crippen molar-refractivity contribution in [1.29, 1.82) is 0 Å². The number of hydrogen-bond acceptors (Lipinski definition) is 11. The summed E-state index contributed by atoms with van der Waals surface area (Å²) in [5, 5.41) is 15.4. The van der Waals surface area contributed by atoms with Crippen molar-refractivity contribution < 1.29 is 36.0 Å². The first-order valence-electron chi connectivity index (χ1n) is 16.3. The smallest absolute Gasteiger partial charge is 0.494 e. The third kappa shape index (κ3) is 9.12. The molecule has 50 heavy (non-hydrogen) atoms. The van der Waals surface area contributed by atoms with E-state index in [1.54, 1.807) is 42.7 Å². The molecule has 2 N–H and O–H groups in total. The summed E-state index contributed by atoms with van der Waals surface area (Å²) < 4.78 is 45.0. The van der Waals surface area contributed by atoms with Crippen LogP contribution in [0.3, 0.4) is 0 Å². The van der Waals surface area contributed by atoms with E-state index in [0.29, 0.717) is 25.3 Å². The Labute approximate surface area is 294 Å². The second-order valence-electron chi connectivity index (χ2n) is 11.3. The van der Waals surface area contributed by atoms with Gasteiger partial charge >= 0.3 is 17.6 Å². The number of hydrogen-bond donors (Lipinski definition) is 2. The fourth-order valence-electron chi connectivity index (χ4n) is 5.50. The molecule has 3 aromatic heterocycles. The van der Waals surface area contributed by atoms with E-state index < -0.39 is 17.6 Å². The summed E-state index contributed by atoms with van der Waals surface area (Å²) in [4.78, 5) is 4.90. The first-order chi connectivity index (χ1) is 24.4. The molecular formula is C35H45N5O8Si2. The molecule has 266 valence electrons. The molecule has 0 fully saturated rings. The van der Waals surface area contributed by atoms with E-state index in [1.165, 1.54) is 0 Å². The molecule has 0 amide bonds. The van der Waals surface area contributed by atoms with E-state index in [-0.39, 0.29) is 0 Å². The van der Waals surface area contributed by atoms with E-state index in [2.05, 4.69) is 20.4 Å². The lowest BCUT2D eigenvalue weighted by atomic mass is 10.1. The highest BCUT2D eigenvalue weighted by molar-refractivity contribution is 6.60. The van der Waals surface area contributed by atoms with Crippen LogP contribution >= 0.6 is 0 Å². The molecule has 0 unspecified atom stereocenters. The summed E-state index contributed by atoms with van der Waals surface area (Å²) in [5.74, 6) is 1.50. The van der Waals surface area contributed by atoms with Gasteiger partial charge in [-0.1, -0.05) is 30.3 Å². The van der Waals surface area contributed by atoms with Crippen LogP contribution in [0.5, 0.6) is 11.5 Å². The topological polar surface area (TPSA) is 144 Å².